The van der Waals surface area contributed by atoms with Crippen molar-refractivity contribution in [3.8, 4) is 5.75 Å². The number of hydrogen-bond acceptors (Lipinski definition) is 3. The van der Waals surface area contributed by atoms with Crippen molar-refractivity contribution in [2.24, 2.45) is 0 Å². The molecule has 0 saturated carbocycles. The van der Waals surface area contributed by atoms with Crippen LogP contribution in [0.15, 0.2) is 36.4 Å². The van der Waals surface area contributed by atoms with Gasteiger partial charge in [-0.3, -0.25) is 20.4 Å². The highest BCUT2D eigenvalue weighted by Gasteiger charge is 2.09. The molecule has 0 atom stereocenters. The number of carbonyl (C=O) groups is 2. The molecule has 0 saturated heterocycles. The number of carbonyl (C=O) groups excluding carboxylic acids is 2. The summed E-state index contributed by atoms with van der Waals surface area (Å²) in [7, 11) is 0. The molecule has 0 aromatic heterocycles. The molecule has 0 spiro atoms. The van der Waals surface area contributed by atoms with E-state index in [4.69, 9.17) is 27.9 Å². The summed E-state index contributed by atoms with van der Waals surface area (Å²) in [6, 6.07) is 10.3. The Morgan fingerprint density at radius 3 is 2.58 bits per heavy atom. The monoisotopic (exact) mass is 506 g/mol. The van der Waals surface area contributed by atoms with Crippen LogP contribution in [0, 0.1) is 10.5 Å². The molecule has 5 nitrogen and oxygen atoms in total. The average molecular weight is 507 g/mol. The molecular formula is C18H17Cl2IN2O3. The minimum absolute atomic E-state index is 0.205. The molecule has 0 bridgehead atoms. The lowest BCUT2D eigenvalue weighted by atomic mass is 10.1. The van der Waals surface area contributed by atoms with Crippen LogP contribution in [-0.2, 0) is 4.79 Å². The van der Waals surface area contributed by atoms with E-state index in [1.54, 1.807) is 30.3 Å². The van der Waals surface area contributed by atoms with Crippen LogP contribution in [0.2, 0.25) is 10.0 Å². The number of halogens is 3. The van der Waals surface area contributed by atoms with Gasteiger partial charge in [0.2, 0.25) is 5.91 Å². The SMILES string of the molecule is Cc1ccc(C(=O)NNC(=O)CCCOc2ccc(Cl)cc2Cl)cc1I. The molecule has 138 valence electrons. The highest BCUT2D eigenvalue weighted by atomic mass is 127. The highest BCUT2D eigenvalue weighted by Crippen LogP contribution is 2.27. The van der Waals surface area contributed by atoms with Gasteiger partial charge in [0.25, 0.3) is 5.91 Å². The van der Waals surface area contributed by atoms with Gasteiger partial charge in [0.05, 0.1) is 11.6 Å². The predicted molar refractivity (Wildman–Crippen MR) is 111 cm³/mol. The molecule has 2 amide bonds. The summed E-state index contributed by atoms with van der Waals surface area (Å²) < 4.78 is 6.49. The predicted octanol–water partition coefficient (Wildman–Crippen LogP) is 4.53. The lowest BCUT2D eigenvalue weighted by Crippen LogP contribution is -2.41. The molecule has 0 radical (unpaired) electrons. The summed E-state index contributed by atoms with van der Waals surface area (Å²) in [4.78, 5) is 23.8. The van der Waals surface area contributed by atoms with E-state index in [2.05, 4.69) is 33.4 Å². The summed E-state index contributed by atoms with van der Waals surface area (Å²) >= 11 is 14.0. The number of hydrogen-bond donors (Lipinski definition) is 2. The van der Waals surface area contributed by atoms with Crippen LogP contribution in [0.4, 0.5) is 0 Å². The fourth-order valence-electron chi connectivity index (χ4n) is 2.00. The minimum Gasteiger partial charge on any atom is -0.492 e. The van der Waals surface area contributed by atoms with E-state index >= 15 is 0 Å². The number of hydrazine groups is 1. The van der Waals surface area contributed by atoms with Gasteiger partial charge in [-0.2, -0.15) is 0 Å². The van der Waals surface area contributed by atoms with Crippen LogP contribution in [0.3, 0.4) is 0 Å². The fraction of sp³-hybridized carbons (Fsp3) is 0.222. The molecule has 2 N–H and O–H groups in total. The van der Waals surface area contributed by atoms with E-state index in [0.717, 1.165) is 9.13 Å². The van der Waals surface area contributed by atoms with Gasteiger partial charge in [0.1, 0.15) is 5.75 Å². The Morgan fingerprint density at radius 1 is 1.12 bits per heavy atom. The Balaban J connectivity index is 1.70. The van der Waals surface area contributed by atoms with E-state index < -0.39 is 0 Å². The molecule has 2 aromatic carbocycles. The Morgan fingerprint density at radius 2 is 1.88 bits per heavy atom. The molecule has 2 rings (SSSR count). The zero-order chi connectivity index (χ0) is 19.1. The third-order valence-corrected chi connectivity index (χ3v) is 5.14. The molecule has 26 heavy (non-hydrogen) atoms. The van der Waals surface area contributed by atoms with Crippen molar-refractivity contribution >= 4 is 57.6 Å². The standard InChI is InChI=1S/C18H17Cl2IN2O3/c1-11-4-5-12(9-15(11)21)18(25)23-22-17(24)3-2-8-26-16-7-6-13(19)10-14(16)20/h4-7,9-10H,2-3,8H2,1H3,(H,22,24)(H,23,25). The zero-order valence-electron chi connectivity index (χ0n) is 13.9. The molecule has 0 heterocycles. The van der Waals surface area contributed by atoms with Crippen LogP contribution in [-0.4, -0.2) is 18.4 Å². The summed E-state index contributed by atoms with van der Waals surface area (Å²) in [5.74, 6) is -0.148. The smallest absolute Gasteiger partial charge is 0.269 e. The summed E-state index contributed by atoms with van der Waals surface area (Å²) in [5.41, 5.74) is 6.37. The minimum atomic E-state index is -0.361. The first kappa shape index (κ1) is 20.8. The largest absolute Gasteiger partial charge is 0.492 e. The van der Waals surface area contributed by atoms with Crippen molar-refractivity contribution in [3.63, 3.8) is 0 Å². The molecule has 2 aromatic rings. The van der Waals surface area contributed by atoms with Crippen molar-refractivity contribution in [3.05, 3.63) is 61.1 Å². The van der Waals surface area contributed by atoms with Gasteiger partial charge < -0.3 is 4.74 Å². The van der Waals surface area contributed by atoms with E-state index in [9.17, 15) is 9.59 Å². The fourth-order valence-corrected chi connectivity index (χ4v) is 2.98. The van der Waals surface area contributed by atoms with Gasteiger partial charge >= 0.3 is 0 Å². The van der Waals surface area contributed by atoms with E-state index in [1.165, 1.54) is 0 Å². The van der Waals surface area contributed by atoms with E-state index in [-0.39, 0.29) is 18.2 Å². The van der Waals surface area contributed by atoms with Crippen LogP contribution >= 0.6 is 45.8 Å². The zero-order valence-corrected chi connectivity index (χ0v) is 17.6. The van der Waals surface area contributed by atoms with Gasteiger partial charge in [0, 0.05) is 20.6 Å². The van der Waals surface area contributed by atoms with Gasteiger partial charge in [0.15, 0.2) is 0 Å². The normalized spacial score (nSPS) is 10.3. The van der Waals surface area contributed by atoms with Crippen LogP contribution < -0.4 is 15.6 Å². The van der Waals surface area contributed by atoms with Crippen LogP contribution in [0.5, 0.6) is 5.75 Å². The lowest BCUT2D eigenvalue weighted by molar-refractivity contribution is -0.122. The molecule has 0 unspecified atom stereocenters. The Bertz CT molecular complexity index is 815. The van der Waals surface area contributed by atoms with Crippen molar-refractivity contribution in [1.82, 2.24) is 10.9 Å². The van der Waals surface area contributed by atoms with Gasteiger partial charge in [-0.1, -0.05) is 29.3 Å². The number of rotatable bonds is 6. The Hall–Kier alpha value is -1.51. The summed E-state index contributed by atoms with van der Waals surface area (Å²) in [5, 5.41) is 0.947. The summed E-state index contributed by atoms with van der Waals surface area (Å²) in [6.45, 7) is 2.28. The van der Waals surface area contributed by atoms with Gasteiger partial charge in [-0.25, -0.2) is 0 Å². The number of nitrogens with one attached hydrogen (secondary N) is 2. The average Bonchev–Trinajstić information content (AvgIpc) is 2.60. The maximum Gasteiger partial charge on any atom is 0.269 e. The first-order valence-corrected chi connectivity index (χ1v) is 9.63. The van der Waals surface area contributed by atoms with Crippen LogP contribution in [0.25, 0.3) is 0 Å². The molecular weight excluding hydrogens is 490 g/mol. The van der Waals surface area contributed by atoms with E-state index in [1.807, 2.05) is 13.0 Å². The van der Waals surface area contributed by atoms with Crippen molar-refractivity contribution in [2.75, 3.05) is 6.61 Å². The third-order valence-electron chi connectivity index (χ3n) is 3.45. The molecule has 0 aliphatic heterocycles. The Kier molecular flexibility index (Phi) is 7.99. The Labute approximate surface area is 175 Å². The van der Waals surface area contributed by atoms with Crippen molar-refractivity contribution < 1.29 is 14.3 Å². The maximum atomic E-state index is 12.0. The first-order valence-electron chi connectivity index (χ1n) is 7.80. The quantitative estimate of drug-likeness (QED) is 0.343. The number of benzene rings is 2. The summed E-state index contributed by atoms with van der Waals surface area (Å²) in [6.07, 6.45) is 0.681. The second kappa shape index (κ2) is 9.99. The molecule has 8 heteroatoms. The van der Waals surface area contributed by atoms with Gasteiger partial charge in [-0.05, 0) is 71.8 Å². The molecule has 0 fully saturated rings. The van der Waals surface area contributed by atoms with Crippen molar-refractivity contribution in [2.45, 2.75) is 19.8 Å². The highest BCUT2D eigenvalue weighted by molar-refractivity contribution is 14.1. The molecule has 0 aliphatic rings. The van der Waals surface area contributed by atoms with E-state index in [0.29, 0.717) is 34.4 Å². The number of ether oxygens (including phenoxy) is 1. The van der Waals surface area contributed by atoms with Crippen LogP contribution in [0.1, 0.15) is 28.8 Å². The first-order chi connectivity index (χ1) is 12.4. The second-order valence-corrected chi connectivity index (χ2v) is 7.50. The molecule has 0 aliphatic carbocycles. The van der Waals surface area contributed by atoms with Gasteiger partial charge in [-0.15, -0.1) is 0 Å². The topological polar surface area (TPSA) is 67.4 Å². The third kappa shape index (κ3) is 6.34. The second-order valence-electron chi connectivity index (χ2n) is 5.49. The number of aryl methyl sites for hydroxylation is 1. The van der Waals surface area contributed by atoms with Crippen molar-refractivity contribution in [1.29, 1.82) is 0 Å². The lowest BCUT2D eigenvalue weighted by Gasteiger charge is -2.10. The number of amides is 2. The maximum absolute atomic E-state index is 12.0.